The third kappa shape index (κ3) is 7.72. The number of esters is 1. The van der Waals surface area contributed by atoms with Crippen LogP contribution in [0.3, 0.4) is 0 Å². The van der Waals surface area contributed by atoms with Crippen molar-refractivity contribution in [1.29, 1.82) is 0 Å². The highest BCUT2D eigenvalue weighted by molar-refractivity contribution is 8.17. The van der Waals surface area contributed by atoms with Crippen LogP contribution in [0.25, 0.3) is 11.4 Å². The van der Waals surface area contributed by atoms with E-state index in [1.807, 2.05) is 60.2 Å². The number of thioether (sulfide) groups is 2. The first kappa shape index (κ1) is 26.5. The minimum atomic E-state index is -0.112. The van der Waals surface area contributed by atoms with Gasteiger partial charge in [-0.05, 0) is 73.8 Å². The molecule has 2 heterocycles. The lowest BCUT2D eigenvalue weighted by atomic mass is 9.78. The Morgan fingerprint density at radius 1 is 0.914 bits per heavy atom. The second-order valence-electron chi connectivity index (χ2n) is 10.1. The average molecular weight is 513 g/mol. The lowest BCUT2D eigenvalue weighted by Gasteiger charge is -2.28. The van der Waals surface area contributed by atoms with Gasteiger partial charge in [-0.1, -0.05) is 46.0 Å². The molecule has 0 unspecified atom stereocenters. The van der Waals surface area contributed by atoms with E-state index in [1.165, 1.54) is 69.8 Å². The molecule has 1 aliphatic carbocycles. The summed E-state index contributed by atoms with van der Waals surface area (Å²) in [5.41, 5.74) is 2.21. The summed E-state index contributed by atoms with van der Waals surface area (Å²) in [6, 6.07) is 7.61. The van der Waals surface area contributed by atoms with Crippen LogP contribution in [0.5, 0.6) is 5.75 Å². The summed E-state index contributed by atoms with van der Waals surface area (Å²) >= 11 is 3.84. The number of ether oxygens (including phenoxy) is 1. The molecule has 190 valence electrons. The van der Waals surface area contributed by atoms with Crippen molar-refractivity contribution in [3.63, 3.8) is 0 Å². The Bertz CT molecular complexity index is 903. The quantitative estimate of drug-likeness (QED) is 0.182. The number of aromatic nitrogens is 2. The van der Waals surface area contributed by atoms with Gasteiger partial charge in [-0.15, -0.1) is 23.5 Å². The fraction of sp³-hybridized carbons (Fsp3) is 0.621. The van der Waals surface area contributed by atoms with Crippen LogP contribution in [0.2, 0.25) is 0 Å². The topological polar surface area (TPSA) is 52.1 Å². The van der Waals surface area contributed by atoms with Crippen molar-refractivity contribution in [3.8, 4) is 17.1 Å². The normalized spacial score (nSPS) is 24.7. The van der Waals surface area contributed by atoms with E-state index >= 15 is 0 Å². The average Bonchev–Trinajstić information content (AvgIpc) is 2.90. The summed E-state index contributed by atoms with van der Waals surface area (Å²) in [6.45, 7) is 4.52. The zero-order valence-corrected chi connectivity index (χ0v) is 22.9. The molecule has 0 bridgehead atoms. The SMILES string of the molecule is CCCCC[C@H]1SC[C@H](C(=O)Oc2ccc(-c3ncc([C@H]4CC[C@H](CCC)CC4)cn3)cc2)CS1. The zero-order valence-electron chi connectivity index (χ0n) is 21.3. The molecule has 4 rings (SSSR count). The molecule has 4 nitrogen and oxygen atoms in total. The lowest BCUT2D eigenvalue weighted by Crippen LogP contribution is -2.29. The molecule has 0 atom stereocenters. The van der Waals surface area contributed by atoms with Gasteiger partial charge in [0.25, 0.3) is 0 Å². The van der Waals surface area contributed by atoms with Crippen LogP contribution in [-0.2, 0) is 4.79 Å². The van der Waals surface area contributed by atoms with E-state index in [1.54, 1.807) is 0 Å². The molecule has 1 saturated heterocycles. The van der Waals surface area contributed by atoms with Gasteiger partial charge in [0.2, 0.25) is 0 Å². The van der Waals surface area contributed by atoms with Crippen LogP contribution in [0.4, 0.5) is 0 Å². The number of hydrogen-bond acceptors (Lipinski definition) is 6. The molecule has 2 aromatic rings. The van der Waals surface area contributed by atoms with E-state index in [9.17, 15) is 4.79 Å². The van der Waals surface area contributed by atoms with Crippen molar-refractivity contribution in [2.45, 2.75) is 88.6 Å². The summed E-state index contributed by atoms with van der Waals surface area (Å²) in [6.07, 6.45) is 16.9. The number of unbranched alkanes of at least 4 members (excludes halogenated alkanes) is 2. The molecule has 2 aliphatic rings. The maximum absolute atomic E-state index is 12.7. The second kappa shape index (κ2) is 13.7. The van der Waals surface area contributed by atoms with Gasteiger partial charge in [-0.2, -0.15) is 0 Å². The molecular formula is C29H40N2O2S2. The molecule has 0 N–H and O–H groups in total. The number of benzene rings is 1. The molecule has 2 fully saturated rings. The van der Waals surface area contributed by atoms with Crippen LogP contribution in [0.1, 0.15) is 89.5 Å². The van der Waals surface area contributed by atoms with Gasteiger partial charge in [0, 0.05) is 29.5 Å². The molecule has 0 amide bonds. The molecule has 6 heteroatoms. The Morgan fingerprint density at radius 3 is 2.23 bits per heavy atom. The first-order valence-corrected chi connectivity index (χ1v) is 15.6. The van der Waals surface area contributed by atoms with Crippen molar-refractivity contribution < 1.29 is 9.53 Å². The molecule has 35 heavy (non-hydrogen) atoms. The Balaban J connectivity index is 1.25. The maximum atomic E-state index is 12.7. The van der Waals surface area contributed by atoms with Crippen LogP contribution in [-0.4, -0.2) is 32.0 Å². The summed E-state index contributed by atoms with van der Waals surface area (Å²) in [5.74, 6) is 4.41. The summed E-state index contributed by atoms with van der Waals surface area (Å²) < 4.78 is 6.33. The second-order valence-corrected chi connectivity index (χ2v) is 12.9. The highest BCUT2D eigenvalue weighted by atomic mass is 32.2. The number of nitrogens with zero attached hydrogens (tertiary/aromatic N) is 2. The van der Waals surface area contributed by atoms with Crippen molar-refractivity contribution in [2.24, 2.45) is 11.8 Å². The van der Waals surface area contributed by atoms with Crippen molar-refractivity contribution >= 4 is 29.5 Å². The van der Waals surface area contributed by atoms with E-state index in [0.29, 0.717) is 16.2 Å². The monoisotopic (exact) mass is 512 g/mol. The number of rotatable bonds is 10. The Hall–Kier alpha value is -1.53. The van der Waals surface area contributed by atoms with Gasteiger partial charge in [0.05, 0.1) is 10.5 Å². The smallest absolute Gasteiger partial charge is 0.316 e. The van der Waals surface area contributed by atoms with Crippen molar-refractivity contribution in [1.82, 2.24) is 9.97 Å². The summed E-state index contributed by atoms with van der Waals surface area (Å²) in [7, 11) is 0. The van der Waals surface area contributed by atoms with Crippen LogP contribution in [0.15, 0.2) is 36.7 Å². The molecule has 1 saturated carbocycles. The fourth-order valence-corrected chi connectivity index (χ4v) is 8.24. The van der Waals surface area contributed by atoms with Gasteiger partial charge >= 0.3 is 5.97 Å². The number of carbonyl (C=O) groups excluding carboxylic acids is 1. The van der Waals surface area contributed by atoms with Crippen LogP contribution < -0.4 is 4.74 Å². The first-order chi connectivity index (χ1) is 17.2. The Kier molecular flexibility index (Phi) is 10.4. The van der Waals surface area contributed by atoms with E-state index < -0.39 is 0 Å². The molecule has 1 aromatic carbocycles. The Labute approximate surface area is 219 Å². The Morgan fingerprint density at radius 2 is 1.60 bits per heavy atom. The predicted molar refractivity (Wildman–Crippen MR) is 149 cm³/mol. The molecule has 0 spiro atoms. The minimum absolute atomic E-state index is 0.0278. The summed E-state index contributed by atoms with van der Waals surface area (Å²) in [5, 5.41) is 0. The highest BCUT2D eigenvalue weighted by Gasteiger charge is 2.28. The van der Waals surface area contributed by atoms with Crippen molar-refractivity contribution in [2.75, 3.05) is 11.5 Å². The van der Waals surface area contributed by atoms with Crippen LogP contribution in [0, 0.1) is 11.8 Å². The van der Waals surface area contributed by atoms with Gasteiger partial charge in [-0.3, -0.25) is 4.79 Å². The summed E-state index contributed by atoms with van der Waals surface area (Å²) in [4.78, 5) is 22.0. The molecule has 0 radical (unpaired) electrons. The number of hydrogen-bond donors (Lipinski definition) is 0. The zero-order chi connectivity index (χ0) is 24.5. The fourth-order valence-electron chi connectivity index (χ4n) is 5.17. The van der Waals surface area contributed by atoms with Gasteiger partial charge in [0.15, 0.2) is 5.82 Å². The first-order valence-electron chi connectivity index (χ1n) is 13.5. The van der Waals surface area contributed by atoms with Gasteiger partial charge in [0.1, 0.15) is 5.75 Å². The highest BCUT2D eigenvalue weighted by Crippen LogP contribution is 2.38. The molecule has 1 aromatic heterocycles. The maximum Gasteiger partial charge on any atom is 0.316 e. The predicted octanol–water partition coefficient (Wildman–Crippen LogP) is 8.13. The minimum Gasteiger partial charge on any atom is -0.426 e. The third-order valence-corrected chi connectivity index (χ3v) is 10.6. The molecular weight excluding hydrogens is 472 g/mol. The van der Waals surface area contributed by atoms with E-state index in [4.69, 9.17) is 4.74 Å². The third-order valence-electron chi connectivity index (χ3n) is 7.36. The lowest BCUT2D eigenvalue weighted by molar-refractivity contribution is -0.137. The number of carbonyl (C=O) groups is 1. The van der Waals surface area contributed by atoms with Crippen LogP contribution >= 0.6 is 23.5 Å². The standard InChI is InChI=1S/C29H40N2O2S2/c1-3-5-6-8-27-34-19-25(20-35-27)29(32)33-26-15-13-23(14-16-26)28-30-17-24(18-31-28)22-11-9-21(7-4-2)10-12-22/h13-18,21-22,25,27H,3-12,19-20H2,1-2H3/t21-,22-,25-,27-. The van der Waals surface area contributed by atoms with E-state index in [0.717, 1.165) is 28.8 Å². The van der Waals surface area contributed by atoms with E-state index in [-0.39, 0.29) is 11.9 Å². The largest absolute Gasteiger partial charge is 0.426 e. The van der Waals surface area contributed by atoms with Crippen molar-refractivity contribution in [3.05, 3.63) is 42.2 Å². The molecule has 1 aliphatic heterocycles. The van der Waals surface area contributed by atoms with Gasteiger partial charge < -0.3 is 4.74 Å². The van der Waals surface area contributed by atoms with E-state index in [2.05, 4.69) is 23.8 Å². The van der Waals surface area contributed by atoms with Gasteiger partial charge in [-0.25, -0.2) is 9.97 Å².